The van der Waals surface area contributed by atoms with E-state index in [9.17, 15) is 73.2 Å². The van der Waals surface area contributed by atoms with Crippen molar-refractivity contribution in [3.05, 3.63) is 29.8 Å². The van der Waals surface area contributed by atoms with Gasteiger partial charge in [0.25, 0.3) is 0 Å². The van der Waals surface area contributed by atoms with Crippen molar-refractivity contribution in [3.63, 3.8) is 0 Å². The molecule has 80 heavy (non-hydrogen) atoms. The Morgan fingerprint density at radius 1 is 0.613 bits per heavy atom. The standard InChI is InChI=1S/C52H81N11O15S2/c1-28(2)25-36(58-44(70)32(53)26-30-12-14-31(66)15-13-30)45(71)59-37(27-64)46(72)60-42(29(3)65)52(78)63-22-8-11-40(63)49(75)56-34(16-17-41(67)68)50(76)61-20-7-10-39(61)48(74)57-35(19-24-80-5)51(77)62-21-6-9-38(62)47(73)55-33(43(54)69)18-23-79-4/h12-15,28-29,32-40,42,64-66H,6-11,16-27,53H2,1-5H3,(H2,54,69)(H,55,73)(H,56,75)(H,57,74)(H,58,70)(H,59,71)(H,60,72)(H,67,68)/t29-,32+,33+,34+,35+,36+,37+,38+,39+,40+,42+/m1/s1. The van der Waals surface area contributed by atoms with Crippen molar-refractivity contribution in [2.45, 2.75) is 164 Å². The first kappa shape index (κ1) is 66.3. The first-order valence-corrected chi connectivity index (χ1v) is 29.8. The zero-order valence-electron chi connectivity index (χ0n) is 46.1. The number of amides is 10. The van der Waals surface area contributed by atoms with Gasteiger partial charge in [-0.1, -0.05) is 26.0 Å². The third-order valence-corrected chi connectivity index (χ3v) is 15.5. The molecule has 0 radical (unpaired) electrons. The number of primary amides is 1. The molecule has 0 saturated carbocycles. The summed E-state index contributed by atoms with van der Waals surface area (Å²) in [6, 6.07) is -6.64. The van der Waals surface area contributed by atoms with Crippen LogP contribution in [0.1, 0.15) is 97.0 Å². The van der Waals surface area contributed by atoms with Gasteiger partial charge in [0.1, 0.15) is 60.1 Å². The van der Waals surface area contributed by atoms with Gasteiger partial charge in [0.15, 0.2) is 0 Å². The van der Waals surface area contributed by atoms with Crippen molar-refractivity contribution < 1.29 is 73.2 Å². The van der Waals surface area contributed by atoms with Gasteiger partial charge in [0, 0.05) is 26.1 Å². The number of nitrogens with zero attached hydrogens (tertiary/aromatic N) is 3. The molecule has 11 atom stereocenters. The number of phenols is 1. The molecule has 14 N–H and O–H groups in total. The maximum absolute atomic E-state index is 14.4. The fraction of sp³-hybridized carbons (Fsp3) is 0.673. The van der Waals surface area contributed by atoms with Crippen LogP contribution in [0, 0.1) is 5.92 Å². The number of aromatic hydroxyl groups is 1. The number of carbonyl (C=O) groups is 11. The molecule has 3 saturated heterocycles. The molecule has 3 aliphatic rings. The van der Waals surface area contributed by atoms with Crippen molar-refractivity contribution >= 4 is 88.6 Å². The van der Waals surface area contributed by atoms with E-state index in [1.807, 2.05) is 12.5 Å². The van der Waals surface area contributed by atoms with Crippen LogP contribution in [0.3, 0.4) is 0 Å². The van der Waals surface area contributed by atoms with E-state index in [-0.39, 0.29) is 69.8 Å². The maximum Gasteiger partial charge on any atom is 0.303 e. The predicted octanol–water partition coefficient (Wildman–Crippen LogP) is -2.58. The second-order valence-corrected chi connectivity index (χ2v) is 22.8. The summed E-state index contributed by atoms with van der Waals surface area (Å²) in [5, 5.41) is 55.8. The van der Waals surface area contributed by atoms with Gasteiger partial charge < -0.3 is 78.5 Å². The SMILES string of the molecule is CSCC[C@H](NC(=O)[C@@H]1CCCN1C(=O)[C@H](CCSC)NC(=O)[C@@H]1CCCN1C(=O)[C@H](CCC(=O)O)NC(=O)[C@@H]1CCCN1C(=O)[C@@H](NC(=O)[C@H](CO)NC(=O)[C@H](CC(C)C)NC(=O)[C@@H](N)Cc1ccc(O)cc1)[C@@H](C)O)C(N)=O. The van der Waals surface area contributed by atoms with E-state index in [2.05, 4.69) is 31.9 Å². The molecule has 0 aromatic heterocycles. The molecule has 4 rings (SSSR count). The lowest BCUT2D eigenvalue weighted by Gasteiger charge is -2.33. The number of nitrogens with two attached hydrogens (primary N) is 2. The summed E-state index contributed by atoms with van der Waals surface area (Å²) in [5.74, 6) is -8.13. The lowest BCUT2D eigenvalue weighted by Crippen LogP contribution is -2.62. The molecule has 10 amide bonds. The number of hydrogen-bond donors (Lipinski definition) is 12. The van der Waals surface area contributed by atoms with Crippen molar-refractivity contribution in [2.75, 3.05) is 50.3 Å². The van der Waals surface area contributed by atoms with E-state index in [1.165, 1.54) is 52.4 Å². The Bertz CT molecular complexity index is 2350. The lowest BCUT2D eigenvalue weighted by molar-refractivity contribution is -0.146. The van der Waals surface area contributed by atoms with Crippen LogP contribution in [-0.4, -0.2) is 217 Å². The highest BCUT2D eigenvalue weighted by atomic mass is 32.2. The van der Waals surface area contributed by atoms with E-state index in [1.54, 1.807) is 26.0 Å². The van der Waals surface area contributed by atoms with Crippen LogP contribution in [-0.2, 0) is 59.2 Å². The van der Waals surface area contributed by atoms with Crippen LogP contribution in [0.25, 0.3) is 0 Å². The van der Waals surface area contributed by atoms with Crippen LogP contribution in [0.15, 0.2) is 24.3 Å². The molecule has 3 heterocycles. The molecular formula is C52H81N11O15S2. The number of hydrogen-bond acceptors (Lipinski definition) is 17. The number of carboxylic acids is 1. The average molecular weight is 1160 g/mol. The number of aliphatic hydroxyl groups is 2. The number of thioether (sulfide) groups is 2. The Morgan fingerprint density at radius 3 is 1.49 bits per heavy atom. The van der Waals surface area contributed by atoms with Crippen molar-refractivity contribution in [1.29, 1.82) is 0 Å². The molecule has 26 nitrogen and oxygen atoms in total. The average Bonchev–Trinajstić information content (AvgIpc) is 4.25. The molecule has 1 aromatic carbocycles. The van der Waals surface area contributed by atoms with Crippen molar-refractivity contribution in [3.8, 4) is 5.75 Å². The number of carboxylic acid groups (broad SMARTS) is 1. The van der Waals surface area contributed by atoms with Gasteiger partial charge in [-0.05, 0) is 125 Å². The van der Waals surface area contributed by atoms with E-state index < -0.39 is 151 Å². The van der Waals surface area contributed by atoms with Gasteiger partial charge in [0.2, 0.25) is 59.1 Å². The number of aliphatic carboxylic acids is 1. The van der Waals surface area contributed by atoms with Gasteiger partial charge in [-0.15, -0.1) is 0 Å². The minimum Gasteiger partial charge on any atom is -0.508 e. The summed E-state index contributed by atoms with van der Waals surface area (Å²) in [4.78, 5) is 153. The molecule has 0 spiro atoms. The van der Waals surface area contributed by atoms with E-state index in [0.717, 1.165) is 4.90 Å². The van der Waals surface area contributed by atoms with E-state index in [0.29, 0.717) is 42.8 Å². The fourth-order valence-electron chi connectivity index (χ4n) is 9.90. The smallest absolute Gasteiger partial charge is 0.303 e. The molecular weight excluding hydrogens is 1080 g/mol. The predicted molar refractivity (Wildman–Crippen MR) is 296 cm³/mol. The van der Waals surface area contributed by atoms with Gasteiger partial charge in [0.05, 0.1) is 18.8 Å². The largest absolute Gasteiger partial charge is 0.508 e. The molecule has 0 unspecified atom stereocenters. The highest BCUT2D eigenvalue weighted by Crippen LogP contribution is 2.25. The second kappa shape index (κ2) is 32.3. The van der Waals surface area contributed by atoms with E-state index >= 15 is 0 Å². The number of phenolic OH excluding ortho intramolecular Hbond substituents is 1. The number of carbonyl (C=O) groups excluding carboxylic acids is 10. The fourth-order valence-corrected chi connectivity index (χ4v) is 10.8. The van der Waals surface area contributed by atoms with Crippen molar-refractivity contribution in [1.82, 2.24) is 46.6 Å². The van der Waals surface area contributed by atoms with Crippen LogP contribution in [0.4, 0.5) is 0 Å². The molecule has 1 aromatic rings. The Balaban J connectivity index is 1.45. The Labute approximate surface area is 474 Å². The number of nitrogens with one attached hydrogen (secondary N) is 6. The molecule has 0 aliphatic carbocycles. The maximum atomic E-state index is 14.4. The first-order valence-electron chi connectivity index (χ1n) is 27.0. The summed E-state index contributed by atoms with van der Waals surface area (Å²) in [5.41, 5.74) is 12.3. The quantitative estimate of drug-likeness (QED) is 0.0363. The summed E-state index contributed by atoms with van der Waals surface area (Å²) in [7, 11) is 0. The topological polar surface area (TPSA) is 403 Å². The zero-order chi connectivity index (χ0) is 59.4. The molecule has 28 heteroatoms. The summed E-state index contributed by atoms with van der Waals surface area (Å²) in [6.07, 6.45) is 3.30. The Morgan fingerprint density at radius 2 is 1.05 bits per heavy atom. The summed E-state index contributed by atoms with van der Waals surface area (Å²) in [6.45, 7) is 3.99. The second-order valence-electron chi connectivity index (χ2n) is 20.8. The van der Waals surface area contributed by atoms with Gasteiger partial charge in [-0.25, -0.2) is 0 Å². The minimum atomic E-state index is -1.73. The van der Waals surface area contributed by atoms with E-state index in [4.69, 9.17) is 11.5 Å². The summed E-state index contributed by atoms with van der Waals surface area (Å²) < 4.78 is 0. The van der Waals surface area contributed by atoms with Crippen LogP contribution < -0.4 is 43.4 Å². The number of likely N-dealkylation sites (tertiary alicyclic amines) is 3. The van der Waals surface area contributed by atoms with Gasteiger partial charge in [-0.3, -0.25) is 52.7 Å². The van der Waals surface area contributed by atoms with Crippen LogP contribution in [0.5, 0.6) is 5.75 Å². The first-order chi connectivity index (χ1) is 37.9. The molecule has 0 bridgehead atoms. The molecule has 446 valence electrons. The third kappa shape index (κ3) is 19.2. The van der Waals surface area contributed by atoms with Crippen molar-refractivity contribution in [2.24, 2.45) is 17.4 Å². The normalized spacial score (nSPS) is 20.1. The Kier molecular flexibility index (Phi) is 26.7. The zero-order valence-corrected chi connectivity index (χ0v) is 47.7. The number of benzene rings is 1. The van der Waals surface area contributed by atoms with Gasteiger partial charge >= 0.3 is 5.97 Å². The Hall–Kier alpha value is -6.23. The third-order valence-electron chi connectivity index (χ3n) is 14.2. The monoisotopic (exact) mass is 1160 g/mol. The van der Waals surface area contributed by atoms with Gasteiger partial charge in [-0.2, -0.15) is 23.5 Å². The highest BCUT2D eigenvalue weighted by molar-refractivity contribution is 7.98. The highest BCUT2D eigenvalue weighted by Gasteiger charge is 2.45. The van der Waals surface area contributed by atoms with Crippen LogP contribution >= 0.6 is 23.5 Å². The van der Waals surface area contributed by atoms with Crippen LogP contribution in [0.2, 0.25) is 0 Å². The lowest BCUT2D eigenvalue weighted by atomic mass is 10.0. The number of rotatable bonds is 31. The summed E-state index contributed by atoms with van der Waals surface area (Å²) >= 11 is 2.89. The molecule has 3 fully saturated rings. The number of aliphatic hydroxyl groups excluding tert-OH is 2. The molecule has 3 aliphatic heterocycles. The minimum absolute atomic E-state index is 0.0212.